The maximum Gasteiger partial charge on any atom is 0.410 e. The summed E-state index contributed by atoms with van der Waals surface area (Å²) in [5.41, 5.74) is 2.24. The molecule has 2 aromatic rings. The van der Waals surface area contributed by atoms with E-state index in [1.54, 1.807) is 0 Å². The van der Waals surface area contributed by atoms with Crippen LogP contribution in [0.4, 0.5) is 0 Å². The topological polar surface area (TPSA) is 27.7 Å². The summed E-state index contributed by atoms with van der Waals surface area (Å²) in [6, 6.07) is 12.6. The van der Waals surface area contributed by atoms with E-state index in [0.717, 1.165) is 16.4 Å². The Morgan fingerprint density at radius 2 is 1.60 bits per heavy atom. The van der Waals surface area contributed by atoms with Crippen LogP contribution in [0.3, 0.4) is 0 Å². The highest BCUT2D eigenvalue weighted by atomic mass is 16.8. The fraction of sp³-hybridized carbons (Fsp3) is 0.375. The molecule has 3 fully saturated rings. The molecule has 3 aliphatic rings. The first-order valence-electron chi connectivity index (χ1n) is 7.16. The van der Waals surface area contributed by atoms with Crippen molar-refractivity contribution in [3.63, 3.8) is 0 Å². The number of rotatable bonds is 1. The van der Waals surface area contributed by atoms with Crippen molar-refractivity contribution >= 4 is 23.0 Å². The summed E-state index contributed by atoms with van der Waals surface area (Å²) in [5.74, 6) is 0. The molecule has 3 saturated heterocycles. The second-order valence-corrected chi connectivity index (χ2v) is 6.40. The Labute approximate surface area is 118 Å². The number of aryl methyl sites for hydroxylation is 1. The second-order valence-electron chi connectivity index (χ2n) is 6.40. The van der Waals surface area contributed by atoms with E-state index in [-0.39, 0.29) is 5.41 Å². The zero-order valence-electron chi connectivity index (χ0n) is 11.9. The van der Waals surface area contributed by atoms with Crippen molar-refractivity contribution in [2.24, 2.45) is 5.41 Å². The molecule has 0 aliphatic carbocycles. The molecule has 20 heavy (non-hydrogen) atoms. The monoisotopic (exact) mass is 269 g/mol. The molecule has 104 valence electrons. The number of hydrogen-bond donors (Lipinski definition) is 0. The van der Waals surface area contributed by atoms with Crippen LogP contribution in [-0.4, -0.2) is 26.6 Å². The number of benzene rings is 2. The van der Waals surface area contributed by atoms with Gasteiger partial charge in [0.15, 0.2) is 0 Å². The van der Waals surface area contributed by atoms with Crippen LogP contribution in [0.1, 0.15) is 12.5 Å². The largest absolute Gasteiger partial charge is 0.540 e. The minimum atomic E-state index is -1.79. The van der Waals surface area contributed by atoms with E-state index in [1.165, 1.54) is 5.39 Å². The molecule has 5 rings (SSSR count). The van der Waals surface area contributed by atoms with Gasteiger partial charge in [0, 0.05) is 25.2 Å². The molecule has 0 amide bonds. The van der Waals surface area contributed by atoms with E-state index >= 15 is 0 Å². The van der Waals surface area contributed by atoms with Gasteiger partial charge in [0.2, 0.25) is 0 Å². The molecule has 2 bridgehead atoms. The molecule has 3 heterocycles. The highest BCUT2D eigenvalue weighted by Crippen LogP contribution is 2.36. The van der Waals surface area contributed by atoms with Gasteiger partial charge in [0.1, 0.15) is 0 Å². The van der Waals surface area contributed by atoms with Crippen molar-refractivity contribution in [1.82, 2.24) is 0 Å². The lowest BCUT2D eigenvalue weighted by molar-refractivity contribution is -0.119. The molecule has 0 N–H and O–H groups in total. The predicted molar refractivity (Wildman–Crippen MR) is 80.0 cm³/mol. The first kappa shape index (κ1) is 12.4. The van der Waals surface area contributed by atoms with Crippen LogP contribution in [-0.2, 0) is 14.0 Å². The lowest BCUT2D eigenvalue weighted by atomic mass is 9.61. The zero-order chi connectivity index (χ0) is 13.8. The number of fused-ring (bicyclic) bond motifs is 4. The van der Waals surface area contributed by atoms with Gasteiger partial charge >= 0.3 is 6.75 Å². The van der Waals surface area contributed by atoms with E-state index in [9.17, 15) is 0 Å². The molecule has 0 spiro atoms. The smallest absolute Gasteiger partial charge is 0.410 e. The summed E-state index contributed by atoms with van der Waals surface area (Å²) in [6.45, 7) is 4.56. The third-order valence-electron chi connectivity index (χ3n) is 4.50. The maximum absolute atomic E-state index is 6.06. The van der Waals surface area contributed by atoms with Crippen LogP contribution in [0.25, 0.3) is 10.8 Å². The average molecular weight is 269 g/mol. The number of hydrogen-bond acceptors (Lipinski definition) is 3. The van der Waals surface area contributed by atoms with Crippen molar-refractivity contribution in [3.05, 3.63) is 42.0 Å². The van der Waals surface area contributed by atoms with Crippen LogP contribution in [0.15, 0.2) is 36.4 Å². The van der Waals surface area contributed by atoms with Gasteiger partial charge in [-0.2, -0.15) is 0 Å². The second kappa shape index (κ2) is 4.07. The Morgan fingerprint density at radius 3 is 2.30 bits per heavy atom. The highest BCUT2D eigenvalue weighted by Gasteiger charge is 2.47. The lowest BCUT2D eigenvalue weighted by Crippen LogP contribution is -2.69. The zero-order valence-corrected chi connectivity index (χ0v) is 11.9. The van der Waals surface area contributed by atoms with Gasteiger partial charge in [0.25, 0.3) is 0 Å². The van der Waals surface area contributed by atoms with Crippen LogP contribution < -0.4 is 5.46 Å². The highest BCUT2D eigenvalue weighted by molar-refractivity contribution is 6.78. The van der Waals surface area contributed by atoms with Crippen LogP contribution in [0.5, 0.6) is 0 Å². The van der Waals surface area contributed by atoms with Crippen molar-refractivity contribution < 1.29 is 14.0 Å². The molecule has 3 aliphatic heterocycles. The standard InChI is InChI=1S/C16H18BO3/c1-12-7-8-13-5-3-4-6-14(13)15(12)17-18-9-16(2,10-19-17)11-20-17/h3-8H,9-11H2,1-2H3/q-1. The molecular formula is C16H18BO3-. The molecule has 0 atom stereocenters. The third-order valence-corrected chi connectivity index (χ3v) is 4.50. The normalized spacial score (nSPS) is 32.7. The summed E-state index contributed by atoms with van der Waals surface area (Å²) >= 11 is 0. The van der Waals surface area contributed by atoms with E-state index in [1.807, 2.05) is 12.1 Å². The van der Waals surface area contributed by atoms with Gasteiger partial charge in [-0.05, 0) is 17.7 Å². The molecule has 0 aromatic heterocycles. The van der Waals surface area contributed by atoms with Gasteiger partial charge in [-0.25, -0.2) is 0 Å². The molecular weight excluding hydrogens is 251 g/mol. The van der Waals surface area contributed by atoms with Crippen LogP contribution in [0.2, 0.25) is 0 Å². The summed E-state index contributed by atoms with van der Waals surface area (Å²) in [4.78, 5) is 0. The Balaban J connectivity index is 1.92. The molecule has 4 heteroatoms. The molecule has 0 unspecified atom stereocenters. The quantitative estimate of drug-likeness (QED) is 0.744. The molecule has 0 saturated carbocycles. The van der Waals surface area contributed by atoms with Crippen LogP contribution >= 0.6 is 0 Å². The minimum Gasteiger partial charge on any atom is -0.540 e. The fourth-order valence-electron chi connectivity index (χ4n) is 3.33. The Kier molecular flexibility index (Phi) is 2.52. The first-order valence-corrected chi connectivity index (χ1v) is 7.16. The maximum atomic E-state index is 6.06. The van der Waals surface area contributed by atoms with E-state index in [4.69, 9.17) is 14.0 Å². The van der Waals surface area contributed by atoms with Crippen molar-refractivity contribution in [2.75, 3.05) is 19.8 Å². The third kappa shape index (κ3) is 1.65. The lowest BCUT2D eigenvalue weighted by Gasteiger charge is -2.58. The van der Waals surface area contributed by atoms with Gasteiger partial charge in [0.05, 0.1) is 0 Å². The Morgan fingerprint density at radius 1 is 0.950 bits per heavy atom. The molecule has 2 aromatic carbocycles. The summed E-state index contributed by atoms with van der Waals surface area (Å²) in [7, 11) is 0. The van der Waals surface area contributed by atoms with Gasteiger partial charge in [-0.3, -0.25) is 0 Å². The van der Waals surface area contributed by atoms with Crippen molar-refractivity contribution in [2.45, 2.75) is 13.8 Å². The van der Waals surface area contributed by atoms with Gasteiger partial charge in [-0.15, -0.1) is 5.46 Å². The molecule has 3 nitrogen and oxygen atoms in total. The van der Waals surface area contributed by atoms with Gasteiger partial charge in [-0.1, -0.05) is 48.9 Å². The average Bonchev–Trinajstić information content (AvgIpc) is 2.48. The van der Waals surface area contributed by atoms with Gasteiger partial charge < -0.3 is 14.0 Å². The fourth-order valence-corrected chi connectivity index (χ4v) is 3.33. The SMILES string of the molecule is Cc1ccc2ccccc2c1[B-]12OCC(C)(CO1)CO2. The van der Waals surface area contributed by atoms with Crippen molar-refractivity contribution in [1.29, 1.82) is 0 Å². The first-order chi connectivity index (χ1) is 9.62. The summed E-state index contributed by atoms with van der Waals surface area (Å²) < 4.78 is 18.2. The Hall–Kier alpha value is -1.36. The summed E-state index contributed by atoms with van der Waals surface area (Å²) in [5, 5.41) is 2.36. The minimum absolute atomic E-state index is 0.00197. The van der Waals surface area contributed by atoms with Crippen LogP contribution in [0, 0.1) is 12.3 Å². The molecule has 0 radical (unpaired) electrons. The summed E-state index contributed by atoms with van der Waals surface area (Å²) in [6.07, 6.45) is 0. The van der Waals surface area contributed by atoms with E-state index in [2.05, 4.69) is 38.1 Å². The van der Waals surface area contributed by atoms with Crippen molar-refractivity contribution in [3.8, 4) is 0 Å². The van der Waals surface area contributed by atoms with E-state index in [0.29, 0.717) is 19.8 Å². The Bertz CT molecular complexity index is 658. The van der Waals surface area contributed by atoms with E-state index < -0.39 is 6.75 Å². The predicted octanol–water partition coefficient (Wildman–Crippen LogP) is 2.38.